The van der Waals surface area contributed by atoms with Crippen molar-refractivity contribution in [1.29, 1.82) is 0 Å². The summed E-state index contributed by atoms with van der Waals surface area (Å²) >= 11 is 3.40. The summed E-state index contributed by atoms with van der Waals surface area (Å²) in [6, 6.07) is 7.39. The number of carbonyl (C=O) groups is 1. The molecule has 0 fully saturated rings. The lowest BCUT2D eigenvalue weighted by molar-refractivity contribution is 0.112. The van der Waals surface area contributed by atoms with Crippen molar-refractivity contribution in [2.75, 3.05) is 0 Å². The zero-order valence-corrected chi connectivity index (χ0v) is 8.28. The molecule has 0 bridgehead atoms. The Morgan fingerprint density at radius 1 is 1.31 bits per heavy atom. The van der Waals surface area contributed by atoms with Crippen LogP contribution in [0, 0.1) is 0 Å². The molecule has 0 spiro atoms. The first-order valence-corrected chi connectivity index (χ1v) is 4.60. The van der Waals surface area contributed by atoms with Crippen LogP contribution in [0.3, 0.4) is 0 Å². The Morgan fingerprint density at radius 2 is 2.15 bits per heavy atom. The number of aromatic nitrogens is 1. The maximum absolute atomic E-state index is 10.7. The average Bonchev–Trinajstić information content (AvgIpc) is 2.18. The fraction of sp³-hybridized carbons (Fsp3) is 0. The fourth-order valence-corrected chi connectivity index (χ4v) is 1.70. The van der Waals surface area contributed by atoms with Crippen molar-refractivity contribution in [3.63, 3.8) is 0 Å². The van der Waals surface area contributed by atoms with Gasteiger partial charge in [0.15, 0.2) is 6.29 Å². The summed E-state index contributed by atoms with van der Waals surface area (Å²) in [5.41, 5.74) is 1.37. The Balaban J connectivity index is 2.92. The van der Waals surface area contributed by atoms with Crippen molar-refractivity contribution < 1.29 is 4.79 Å². The monoisotopic (exact) mass is 235 g/mol. The number of hydrogen-bond donors (Lipinski definition) is 0. The minimum absolute atomic E-state index is 0.624. The summed E-state index contributed by atoms with van der Waals surface area (Å²) < 4.78 is 0.959. The summed E-state index contributed by atoms with van der Waals surface area (Å²) in [4.78, 5) is 14.8. The van der Waals surface area contributed by atoms with Crippen molar-refractivity contribution in [3.8, 4) is 0 Å². The second kappa shape index (κ2) is 3.26. The van der Waals surface area contributed by atoms with E-state index in [0.29, 0.717) is 5.56 Å². The highest BCUT2D eigenvalue weighted by Gasteiger charge is 2.02. The van der Waals surface area contributed by atoms with E-state index in [0.717, 1.165) is 21.7 Å². The molecule has 64 valence electrons. The van der Waals surface area contributed by atoms with Gasteiger partial charge in [-0.3, -0.25) is 9.78 Å². The molecule has 0 N–H and O–H groups in total. The topological polar surface area (TPSA) is 30.0 Å². The van der Waals surface area contributed by atoms with Crippen LogP contribution < -0.4 is 0 Å². The van der Waals surface area contributed by atoms with E-state index >= 15 is 0 Å². The molecule has 1 aromatic carbocycles. The smallest absolute Gasteiger partial charge is 0.152 e. The number of fused-ring (bicyclic) bond motifs is 1. The molecule has 1 aromatic heterocycles. The van der Waals surface area contributed by atoms with Crippen LogP contribution in [0.25, 0.3) is 10.9 Å². The number of aldehydes is 1. The van der Waals surface area contributed by atoms with Gasteiger partial charge in [0.2, 0.25) is 0 Å². The molecule has 13 heavy (non-hydrogen) atoms. The van der Waals surface area contributed by atoms with Crippen LogP contribution in [-0.2, 0) is 0 Å². The summed E-state index contributed by atoms with van der Waals surface area (Å²) in [5.74, 6) is 0. The van der Waals surface area contributed by atoms with Crippen molar-refractivity contribution in [2.24, 2.45) is 0 Å². The summed E-state index contributed by atoms with van der Waals surface area (Å²) in [5, 5.41) is 0.965. The predicted molar refractivity (Wildman–Crippen MR) is 54.8 cm³/mol. The molecule has 3 heteroatoms. The standard InChI is InChI=1S/C10H6BrNO/c11-9-4-5-12-10-7(6-13)2-1-3-8(9)10/h1-6H. The highest BCUT2D eigenvalue weighted by molar-refractivity contribution is 9.10. The van der Waals surface area contributed by atoms with Gasteiger partial charge in [0, 0.05) is 21.6 Å². The summed E-state index contributed by atoms with van der Waals surface area (Å²) in [6.45, 7) is 0. The molecule has 0 radical (unpaired) electrons. The molecular formula is C10H6BrNO. The maximum Gasteiger partial charge on any atom is 0.152 e. The summed E-state index contributed by atoms with van der Waals surface area (Å²) in [6.07, 6.45) is 2.50. The van der Waals surface area contributed by atoms with E-state index < -0.39 is 0 Å². The Labute approximate surface area is 83.7 Å². The van der Waals surface area contributed by atoms with E-state index in [1.165, 1.54) is 0 Å². The van der Waals surface area contributed by atoms with Gasteiger partial charge in [0.1, 0.15) is 0 Å². The largest absolute Gasteiger partial charge is 0.298 e. The first-order chi connectivity index (χ1) is 6.33. The Bertz CT molecular complexity index is 467. The number of rotatable bonds is 1. The second-order valence-electron chi connectivity index (χ2n) is 2.65. The van der Waals surface area contributed by atoms with Gasteiger partial charge in [-0.1, -0.05) is 28.1 Å². The van der Waals surface area contributed by atoms with Gasteiger partial charge >= 0.3 is 0 Å². The highest BCUT2D eigenvalue weighted by Crippen LogP contribution is 2.23. The lowest BCUT2D eigenvalue weighted by Gasteiger charge is -2.00. The fourth-order valence-electron chi connectivity index (χ4n) is 1.26. The average molecular weight is 236 g/mol. The van der Waals surface area contributed by atoms with E-state index in [1.807, 2.05) is 18.2 Å². The normalized spacial score (nSPS) is 10.2. The zero-order chi connectivity index (χ0) is 9.26. The van der Waals surface area contributed by atoms with Crippen LogP contribution in [0.15, 0.2) is 34.9 Å². The van der Waals surface area contributed by atoms with Crippen molar-refractivity contribution in [1.82, 2.24) is 4.98 Å². The zero-order valence-electron chi connectivity index (χ0n) is 6.70. The van der Waals surface area contributed by atoms with Gasteiger partial charge in [0.25, 0.3) is 0 Å². The van der Waals surface area contributed by atoms with Crippen LogP contribution in [-0.4, -0.2) is 11.3 Å². The number of pyridine rings is 1. The van der Waals surface area contributed by atoms with E-state index in [1.54, 1.807) is 12.3 Å². The maximum atomic E-state index is 10.7. The molecule has 0 unspecified atom stereocenters. The van der Waals surface area contributed by atoms with Crippen LogP contribution in [0.1, 0.15) is 10.4 Å². The first kappa shape index (κ1) is 8.38. The van der Waals surface area contributed by atoms with Crippen LogP contribution in [0.2, 0.25) is 0 Å². The number of nitrogens with zero attached hydrogens (tertiary/aromatic N) is 1. The quantitative estimate of drug-likeness (QED) is 0.712. The van der Waals surface area contributed by atoms with Gasteiger partial charge in [-0.15, -0.1) is 0 Å². The molecule has 0 saturated heterocycles. The van der Waals surface area contributed by atoms with Crippen molar-refractivity contribution in [2.45, 2.75) is 0 Å². The van der Waals surface area contributed by atoms with Crippen LogP contribution in [0.5, 0.6) is 0 Å². The lowest BCUT2D eigenvalue weighted by atomic mass is 10.1. The second-order valence-corrected chi connectivity index (χ2v) is 3.51. The molecular weight excluding hydrogens is 230 g/mol. The molecule has 2 nitrogen and oxygen atoms in total. The number of carbonyl (C=O) groups excluding carboxylic acids is 1. The minimum Gasteiger partial charge on any atom is -0.298 e. The highest BCUT2D eigenvalue weighted by atomic mass is 79.9. The SMILES string of the molecule is O=Cc1cccc2c(Br)ccnc12. The van der Waals surface area contributed by atoms with E-state index in [9.17, 15) is 4.79 Å². The van der Waals surface area contributed by atoms with Gasteiger partial charge in [-0.2, -0.15) is 0 Å². The molecule has 0 aliphatic heterocycles. The van der Waals surface area contributed by atoms with E-state index in [2.05, 4.69) is 20.9 Å². The minimum atomic E-state index is 0.624. The molecule has 0 amide bonds. The van der Waals surface area contributed by atoms with Crippen molar-refractivity contribution >= 4 is 33.1 Å². The Morgan fingerprint density at radius 3 is 2.92 bits per heavy atom. The third-order valence-electron chi connectivity index (χ3n) is 1.88. The molecule has 2 rings (SSSR count). The van der Waals surface area contributed by atoms with Crippen LogP contribution in [0.4, 0.5) is 0 Å². The Hall–Kier alpha value is -1.22. The van der Waals surface area contributed by atoms with Gasteiger partial charge in [0.05, 0.1) is 5.52 Å². The van der Waals surface area contributed by atoms with Crippen molar-refractivity contribution in [3.05, 3.63) is 40.5 Å². The Kier molecular flexibility index (Phi) is 2.10. The lowest BCUT2D eigenvalue weighted by Crippen LogP contribution is -1.86. The van der Waals surface area contributed by atoms with E-state index in [4.69, 9.17) is 0 Å². The van der Waals surface area contributed by atoms with Gasteiger partial charge in [-0.25, -0.2) is 0 Å². The molecule has 0 saturated carbocycles. The summed E-state index contributed by atoms with van der Waals surface area (Å²) in [7, 11) is 0. The van der Waals surface area contributed by atoms with Gasteiger partial charge in [-0.05, 0) is 12.1 Å². The molecule has 1 heterocycles. The molecule has 0 aliphatic rings. The number of para-hydroxylation sites is 1. The van der Waals surface area contributed by atoms with Gasteiger partial charge < -0.3 is 0 Å². The number of hydrogen-bond acceptors (Lipinski definition) is 2. The number of benzene rings is 1. The van der Waals surface area contributed by atoms with Crippen LogP contribution >= 0.6 is 15.9 Å². The molecule has 0 aliphatic carbocycles. The number of halogens is 1. The first-order valence-electron chi connectivity index (χ1n) is 3.81. The predicted octanol–water partition coefficient (Wildman–Crippen LogP) is 2.81. The third kappa shape index (κ3) is 1.35. The molecule has 0 atom stereocenters. The molecule has 2 aromatic rings. The van der Waals surface area contributed by atoms with E-state index in [-0.39, 0.29) is 0 Å². The third-order valence-corrected chi connectivity index (χ3v) is 2.57.